The van der Waals surface area contributed by atoms with Crippen LogP contribution in [0.2, 0.25) is 0 Å². The van der Waals surface area contributed by atoms with E-state index in [-0.39, 0.29) is 6.61 Å². The molecule has 1 aliphatic carbocycles. The predicted molar refractivity (Wildman–Crippen MR) is 71.3 cm³/mol. The zero-order chi connectivity index (χ0) is 12.8. The van der Waals surface area contributed by atoms with E-state index in [1.54, 1.807) is 0 Å². The van der Waals surface area contributed by atoms with Gasteiger partial charge in [-0.25, -0.2) is 0 Å². The molecule has 0 radical (unpaired) electrons. The molecule has 18 heavy (non-hydrogen) atoms. The minimum atomic E-state index is 0.227. The summed E-state index contributed by atoms with van der Waals surface area (Å²) in [5.41, 5.74) is 0. The van der Waals surface area contributed by atoms with E-state index in [0.29, 0.717) is 11.9 Å². The van der Waals surface area contributed by atoms with E-state index in [0.717, 1.165) is 39.0 Å². The summed E-state index contributed by atoms with van der Waals surface area (Å²) in [5, 5.41) is 9.19. The molecule has 2 fully saturated rings. The van der Waals surface area contributed by atoms with Gasteiger partial charge in [0.2, 0.25) is 5.91 Å². The molecule has 1 heterocycles. The van der Waals surface area contributed by atoms with E-state index in [4.69, 9.17) is 0 Å². The van der Waals surface area contributed by atoms with Crippen molar-refractivity contribution in [1.82, 2.24) is 9.80 Å². The lowest BCUT2D eigenvalue weighted by Crippen LogP contribution is -2.43. The Morgan fingerprint density at radius 1 is 1.17 bits per heavy atom. The quantitative estimate of drug-likeness (QED) is 0.775. The molecule has 2 rings (SSSR count). The summed E-state index contributed by atoms with van der Waals surface area (Å²) in [6.45, 7) is 3.68. The zero-order valence-electron chi connectivity index (χ0n) is 11.3. The lowest BCUT2D eigenvalue weighted by atomic mass is 9.94. The van der Waals surface area contributed by atoms with Crippen molar-refractivity contribution in [2.45, 2.75) is 51.0 Å². The number of rotatable bonds is 6. The Morgan fingerprint density at radius 3 is 2.56 bits per heavy atom. The Balaban J connectivity index is 1.79. The van der Waals surface area contributed by atoms with Gasteiger partial charge >= 0.3 is 0 Å². The first-order valence-electron chi connectivity index (χ1n) is 7.44. The van der Waals surface area contributed by atoms with Crippen LogP contribution in [0, 0.1) is 0 Å². The molecule has 0 atom stereocenters. The monoisotopic (exact) mass is 254 g/mol. The predicted octanol–water partition coefficient (Wildman–Crippen LogP) is 1.24. The molecule has 104 valence electrons. The van der Waals surface area contributed by atoms with Gasteiger partial charge in [-0.15, -0.1) is 0 Å². The van der Waals surface area contributed by atoms with Crippen LogP contribution in [0.4, 0.5) is 0 Å². The van der Waals surface area contributed by atoms with E-state index in [1.807, 2.05) is 4.90 Å². The first kappa shape index (κ1) is 13.8. The average molecular weight is 254 g/mol. The second-order valence-corrected chi connectivity index (χ2v) is 5.54. The lowest BCUT2D eigenvalue weighted by Gasteiger charge is -2.34. The standard InChI is InChI=1S/C14H26N2O2/c17-12-11-15(13-5-2-1-3-6-13)9-10-16-8-4-7-14(16)18/h13,17H,1-12H2. The number of hydrogen-bond donors (Lipinski definition) is 1. The van der Waals surface area contributed by atoms with Crippen LogP contribution in [0.5, 0.6) is 0 Å². The number of aliphatic hydroxyl groups excluding tert-OH is 1. The number of likely N-dealkylation sites (tertiary alicyclic amines) is 1. The van der Waals surface area contributed by atoms with Crippen LogP contribution in [0.15, 0.2) is 0 Å². The van der Waals surface area contributed by atoms with Gasteiger partial charge < -0.3 is 10.0 Å². The van der Waals surface area contributed by atoms with Crippen molar-refractivity contribution in [3.63, 3.8) is 0 Å². The molecule has 1 N–H and O–H groups in total. The first-order chi connectivity index (χ1) is 8.81. The summed E-state index contributed by atoms with van der Waals surface area (Å²) < 4.78 is 0. The molecular weight excluding hydrogens is 228 g/mol. The molecule has 1 saturated heterocycles. The Bertz CT molecular complexity index is 265. The highest BCUT2D eigenvalue weighted by Crippen LogP contribution is 2.22. The molecule has 1 amide bonds. The van der Waals surface area contributed by atoms with Gasteiger partial charge in [-0.2, -0.15) is 0 Å². The number of carbonyl (C=O) groups excluding carboxylic acids is 1. The molecule has 0 spiro atoms. The maximum atomic E-state index is 11.6. The fraction of sp³-hybridized carbons (Fsp3) is 0.929. The first-order valence-corrected chi connectivity index (χ1v) is 7.44. The summed E-state index contributed by atoms with van der Waals surface area (Å²) in [7, 11) is 0. The van der Waals surface area contributed by atoms with Crippen LogP contribution in [0.3, 0.4) is 0 Å². The smallest absolute Gasteiger partial charge is 0.222 e. The van der Waals surface area contributed by atoms with E-state index >= 15 is 0 Å². The summed E-state index contributed by atoms with van der Waals surface area (Å²) in [4.78, 5) is 16.0. The van der Waals surface area contributed by atoms with Crippen LogP contribution in [0.25, 0.3) is 0 Å². The summed E-state index contributed by atoms with van der Waals surface area (Å²) in [5.74, 6) is 0.308. The van der Waals surface area contributed by atoms with Crippen molar-refractivity contribution in [3.05, 3.63) is 0 Å². The van der Waals surface area contributed by atoms with Crippen molar-refractivity contribution in [3.8, 4) is 0 Å². The van der Waals surface area contributed by atoms with E-state index in [2.05, 4.69) is 4.90 Å². The summed E-state index contributed by atoms with van der Waals surface area (Å²) in [6.07, 6.45) is 8.24. The molecule has 4 nitrogen and oxygen atoms in total. The van der Waals surface area contributed by atoms with Gasteiger partial charge in [0, 0.05) is 38.6 Å². The highest BCUT2D eigenvalue weighted by Gasteiger charge is 2.24. The Kier molecular flexibility index (Phi) is 5.45. The van der Waals surface area contributed by atoms with Crippen LogP contribution in [-0.4, -0.2) is 59.6 Å². The maximum Gasteiger partial charge on any atom is 0.222 e. The minimum Gasteiger partial charge on any atom is -0.395 e. The van der Waals surface area contributed by atoms with Crippen molar-refractivity contribution >= 4 is 5.91 Å². The molecule has 1 aliphatic heterocycles. The van der Waals surface area contributed by atoms with Gasteiger partial charge in [-0.3, -0.25) is 9.69 Å². The average Bonchev–Trinajstić information content (AvgIpc) is 2.81. The molecule has 4 heteroatoms. The van der Waals surface area contributed by atoms with Crippen molar-refractivity contribution in [2.24, 2.45) is 0 Å². The Morgan fingerprint density at radius 2 is 1.94 bits per heavy atom. The van der Waals surface area contributed by atoms with Crippen LogP contribution < -0.4 is 0 Å². The highest BCUT2D eigenvalue weighted by atomic mass is 16.3. The van der Waals surface area contributed by atoms with Gasteiger partial charge in [0.05, 0.1) is 6.61 Å². The fourth-order valence-electron chi connectivity index (χ4n) is 3.24. The van der Waals surface area contributed by atoms with Gasteiger partial charge in [0.1, 0.15) is 0 Å². The van der Waals surface area contributed by atoms with Gasteiger partial charge in [-0.05, 0) is 19.3 Å². The molecule has 0 aromatic heterocycles. The Labute approximate surface area is 110 Å². The van der Waals surface area contributed by atoms with Crippen LogP contribution in [0.1, 0.15) is 44.9 Å². The third-order valence-electron chi connectivity index (χ3n) is 4.31. The van der Waals surface area contributed by atoms with Crippen LogP contribution >= 0.6 is 0 Å². The minimum absolute atomic E-state index is 0.227. The number of hydrogen-bond acceptors (Lipinski definition) is 3. The summed E-state index contributed by atoms with van der Waals surface area (Å²) >= 11 is 0. The number of aliphatic hydroxyl groups is 1. The molecule has 0 unspecified atom stereocenters. The second kappa shape index (κ2) is 7.10. The molecule has 1 saturated carbocycles. The molecular formula is C14H26N2O2. The highest BCUT2D eigenvalue weighted by molar-refractivity contribution is 5.78. The largest absolute Gasteiger partial charge is 0.395 e. The number of amides is 1. The molecule has 0 bridgehead atoms. The number of nitrogens with zero attached hydrogens (tertiary/aromatic N) is 2. The third-order valence-corrected chi connectivity index (χ3v) is 4.31. The normalized spacial score (nSPS) is 22.1. The van der Waals surface area contributed by atoms with Crippen molar-refractivity contribution in [1.29, 1.82) is 0 Å². The van der Waals surface area contributed by atoms with Gasteiger partial charge in [0.25, 0.3) is 0 Å². The van der Waals surface area contributed by atoms with Gasteiger partial charge in [0.15, 0.2) is 0 Å². The Hall–Kier alpha value is -0.610. The number of carbonyl (C=O) groups is 1. The van der Waals surface area contributed by atoms with Crippen LogP contribution in [-0.2, 0) is 4.79 Å². The summed E-state index contributed by atoms with van der Waals surface area (Å²) in [6, 6.07) is 0.628. The topological polar surface area (TPSA) is 43.8 Å². The van der Waals surface area contributed by atoms with E-state index in [9.17, 15) is 9.90 Å². The SMILES string of the molecule is O=C1CCCN1CCN(CCO)C1CCCCC1. The maximum absolute atomic E-state index is 11.6. The van der Waals surface area contributed by atoms with Gasteiger partial charge in [-0.1, -0.05) is 19.3 Å². The van der Waals surface area contributed by atoms with Crippen molar-refractivity contribution < 1.29 is 9.90 Å². The molecule has 0 aromatic carbocycles. The fourth-order valence-corrected chi connectivity index (χ4v) is 3.24. The second-order valence-electron chi connectivity index (χ2n) is 5.54. The third kappa shape index (κ3) is 3.69. The lowest BCUT2D eigenvalue weighted by molar-refractivity contribution is -0.127. The molecule has 2 aliphatic rings. The molecule has 0 aromatic rings. The van der Waals surface area contributed by atoms with Crippen molar-refractivity contribution in [2.75, 3.05) is 32.8 Å². The zero-order valence-corrected chi connectivity index (χ0v) is 11.3. The van der Waals surface area contributed by atoms with E-state index in [1.165, 1.54) is 32.1 Å². The van der Waals surface area contributed by atoms with E-state index < -0.39 is 0 Å².